The van der Waals surface area contributed by atoms with E-state index in [0.717, 1.165) is 43.4 Å². The molecule has 1 aromatic rings. The highest BCUT2D eigenvalue weighted by Gasteiger charge is 2.33. The molecule has 1 aromatic heterocycles. The first-order chi connectivity index (χ1) is 11.0. The molecule has 0 saturated carbocycles. The minimum absolute atomic E-state index is 0.0711. The average molecular weight is 336 g/mol. The summed E-state index contributed by atoms with van der Waals surface area (Å²) in [6, 6.07) is 0. The third kappa shape index (κ3) is 2.96. The normalized spacial score (nSPS) is 20.1. The molecule has 1 fully saturated rings. The summed E-state index contributed by atoms with van der Waals surface area (Å²) >= 11 is 1.81. The molecule has 3 heterocycles. The van der Waals surface area contributed by atoms with Crippen LogP contribution in [0.15, 0.2) is 0 Å². The number of thiophene rings is 1. The maximum absolute atomic E-state index is 12.1. The van der Waals surface area contributed by atoms with Crippen LogP contribution in [0.3, 0.4) is 0 Å². The van der Waals surface area contributed by atoms with Gasteiger partial charge >= 0.3 is 6.09 Å². The van der Waals surface area contributed by atoms with Crippen LogP contribution in [-0.4, -0.2) is 41.6 Å². The van der Waals surface area contributed by atoms with Gasteiger partial charge in [0.25, 0.3) is 5.91 Å². The van der Waals surface area contributed by atoms with Crippen molar-refractivity contribution in [3.05, 3.63) is 20.9 Å². The third-order valence-electron chi connectivity index (χ3n) is 5.28. The molecule has 2 aliphatic rings. The second kappa shape index (κ2) is 6.51. The van der Waals surface area contributed by atoms with Crippen LogP contribution in [0.5, 0.6) is 0 Å². The summed E-state index contributed by atoms with van der Waals surface area (Å²) < 4.78 is 0. The zero-order chi connectivity index (χ0) is 16.6. The summed E-state index contributed by atoms with van der Waals surface area (Å²) in [4.78, 5) is 27.3. The van der Waals surface area contributed by atoms with Crippen LogP contribution in [0.4, 0.5) is 4.79 Å². The smallest absolute Gasteiger partial charge is 0.407 e. The molecule has 0 aliphatic carbocycles. The number of fused-ring (bicyclic) bond motifs is 1. The first kappa shape index (κ1) is 16.3. The number of hydrogen-bond acceptors (Lipinski definition) is 3. The van der Waals surface area contributed by atoms with E-state index < -0.39 is 6.09 Å². The Bertz CT molecular complexity index is 618. The number of hydrogen-bond donors (Lipinski definition) is 2. The Morgan fingerprint density at radius 2 is 2.13 bits per heavy atom. The van der Waals surface area contributed by atoms with E-state index in [0.29, 0.717) is 24.9 Å². The lowest BCUT2D eigenvalue weighted by molar-refractivity contribution is 0.0945. The number of carbonyl (C=O) groups is 2. The van der Waals surface area contributed by atoms with Gasteiger partial charge in [0.1, 0.15) is 0 Å². The van der Waals surface area contributed by atoms with Gasteiger partial charge < -0.3 is 15.3 Å². The third-order valence-corrected chi connectivity index (χ3v) is 6.76. The summed E-state index contributed by atoms with van der Waals surface area (Å²) in [6.07, 6.45) is 2.99. The number of nitrogens with zero attached hydrogens (tertiary/aromatic N) is 1. The molecule has 0 radical (unpaired) electrons. The Hall–Kier alpha value is -1.56. The van der Waals surface area contributed by atoms with Crippen LogP contribution < -0.4 is 5.32 Å². The lowest BCUT2D eigenvalue weighted by Crippen LogP contribution is -2.38. The zero-order valence-corrected chi connectivity index (χ0v) is 14.5. The van der Waals surface area contributed by atoms with Gasteiger partial charge in [0, 0.05) is 29.4 Å². The number of piperidine rings is 1. The average Bonchev–Trinajstić information content (AvgIpc) is 2.87. The summed E-state index contributed by atoms with van der Waals surface area (Å²) in [6.45, 7) is 6.26. The van der Waals surface area contributed by atoms with E-state index in [9.17, 15) is 9.59 Å². The standard InChI is InChI=1S/C17H24N2O3S/c1-3-12(11-5-8-19(9-6-11)17(21)22)15-10(2)14-13(23-15)4-7-18-16(14)20/h11-12H,3-9H2,1-2H3,(H,18,20)(H,21,22). The molecular weight excluding hydrogens is 312 g/mol. The number of carbonyl (C=O) groups excluding carboxylic acids is 1. The second-order valence-electron chi connectivity index (χ2n) is 6.52. The first-order valence-electron chi connectivity index (χ1n) is 8.41. The molecule has 1 atom stereocenters. The van der Waals surface area contributed by atoms with Crippen molar-refractivity contribution in [2.75, 3.05) is 19.6 Å². The van der Waals surface area contributed by atoms with Crippen molar-refractivity contribution in [1.82, 2.24) is 10.2 Å². The van der Waals surface area contributed by atoms with Crippen molar-refractivity contribution in [1.29, 1.82) is 0 Å². The van der Waals surface area contributed by atoms with E-state index in [-0.39, 0.29) is 5.91 Å². The number of rotatable bonds is 3. The molecule has 0 aromatic carbocycles. The molecule has 2 N–H and O–H groups in total. The highest BCUT2D eigenvalue weighted by molar-refractivity contribution is 7.12. The summed E-state index contributed by atoms with van der Waals surface area (Å²) in [7, 11) is 0. The molecule has 5 nitrogen and oxygen atoms in total. The van der Waals surface area contributed by atoms with Crippen LogP contribution in [0.1, 0.15) is 57.8 Å². The molecule has 1 saturated heterocycles. The van der Waals surface area contributed by atoms with Crippen molar-refractivity contribution in [3.63, 3.8) is 0 Å². The Kier molecular flexibility index (Phi) is 4.62. The lowest BCUT2D eigenvalue weighted by Gasteiger charge is -2.34. The van der Waals surface area contributed by atoms with E-state index in [2.05, 4.69) is 19.2 Å². The van der Waals surface area contributed by atoms with Crippen LogP contribution in [-0.2, 0) is 6.42 Å². The fourth-order valence-electron chi connectivity index (χ4n) is 4.02. The second-order valence-corrected chi connectivity index (χ2v) is 7.65. The number of carboxylic acid groups (broad SMARTS) is 1. The molecular formula is C17H24N2O3S. The van der Waals surface area contributed by atoms with Gasteiger partial charge in [-0.3, -0.25) is 4.79 Å². The SMILES string of the molecule is CCC(c1sc2c(c1C)C(=O)NCC2)C1CCN(C(=O)O)CC1. The molecule has 0 bridgehead atoms. The summed E-state index contributed by atoms with van der Waals surface area (Å²) in [5.74, 6) is 1.02. The van der Waals surface area contributed by atoms with Gasteiger partial charge in [-0.2, -0.15) is 0 Å². The van der Waals surface area contributed by atoms with Gasteiger partial charge in [-0.25, -0.2) is 4.79 Å². The van der Waals surface area contributed by atoms with Crippen LogP contribution in [0, 0.1) is 12.8 Å². The summed E-state index contributed by atoms with van der Waals surface area (Å²) in [5.41, 5.74) is 2.05. The Balaban J connectivity index is 1.82. The Morgan fingerprint density at radius 3 is 2.70 bits per heavy atom. The Morgan fingerprint density at radius 1 is 1.43 bits per heavy atom. The van der Waals surface area contributed by atoms with Crippen molar-refractivity contribution in [2.24, 2.45) is 5.92 Å². The number of nitrogens with one attached hydrogen (secondary N) is 1. The predicted molar refractivity (Wildman–Crippen MR) is 90.4 cm³/mol. The first-order valence-corrected chi connectivity index (χ1v) is 9.22. The number of likely N-dealkylation sites (tertiary alicyclic amines) is 1. The van der Waals surface area contributed by atoms with Crippen LogP contribution in [0.2, 0.25) is 0 Å². The minimum Gasteiger partial charge on any atom is -0.465 e. The quantitative estimate of drug-likeness (QED) is 0.890. The van der Waals surface area contributed by atoms with Gasteiger partial charge in [0.05, 0.1) is 5.56 Å². The molecule has 6 heteroatoms. The lowest BCUT2D eigenvalue weighted by atomic mass is 9.80. The number of amides is 2. The van der Waals surface area contributed by atoms with Crippen molar-refractivity contribution >= 4 is 23.3 Å². The van der Waals surface area contributed by atoms with Crippen LogP contribution >= 0.6 is 11.3 Å². The van der Waals surface area contributed by atoms with E-state index >= 15 is 0 Å². The van der Waals surface area contributed by atoms with Gasteiger partial charge in [-0.15, -0.1) is 11.3 Å². The maximum atomic E-state index is 12.1. The van der Waals surface area contributed by atoms with Gasteiger partial charge in [0.2, 0.25) is 0 Å². The molecule has 2 aliphatic heterocycles. The van der Waals surface area contributed by atoms with Gasteiger partial charge in [0.15, 0.2) is 0 Å². The monoisotopic (exact) mass is 336 g/mol. The maximum Gasteiger partial charge on any atom is 0.407 e. The highest BCUT2D eigenvalue weighted by atomic mass is 32.1. The van der Waals surface area contributed by atoms with Crippen LogP contribution in [0.25, 0.3) is 0 Å². The molecule has 23 heavy (non-hydrogen) atoms. The predicted octanol–water partition coefficient (Wildman–Crippen LogP) is 3.23. The fraction of sp³-hybridized carbons (Fsp3) is 0.647. The molecule has 126 valence electrons. The van der Waals surface area contributed by atoms with E-state index in [1.54, 1.807) is 0 Å². The largest absolute Gasteiger partial charge is 0.465 e. The topological polar surface area (TPSA) is 69.6 Å². The molecule has 0 spiro atoms. The minimum atomic E-state index is -0.809. The molecule has 3 rings (SSSR count). The highest BCUT2D eigenvalue weighted by Crippen LogP contribution is 2.42. The Labute approximate surface area is 140 Å². The van der Waals surface area contributed by atoms with Crippen molar-refractivity contribution < 1.29 is 14.7 Å². The van der Waals surface area contributed by atoms with E-state index in [1.165, 1.54) is 14.7 Å². The van der Waals surface area contributed by atoms with Crippen molar-refractivity contribution in [3.8, 4) is 0 Å². The van der Waals surface area contributed by atoms with E-state index in [1.807, 2.05) is 11.3 Å². The molecule has 1 unspecified atom stereocenters. The fourth-order valence-corrected chi connectivity index (χ4v) is 5.61. The van der Waals surface area contributed by atoms with Gasteiger partial charge in [-0.05, 0) is 50.0 Å². The van der Waals surface area contributed by atoms with Crippen molar-refractivity contribution in [2.45, 2.75) is 45.4 Å². The van der Waals surface area contributed by atoms with Gasteiger partial charge in [-0.1, -0.05) is 6.92 Å². The summed E-state index contributed by atoms with van der Waals surface area (Å²) in [5, 5.41) is 12.0. The van der Waals surface area contributed by atoms with E-state index in [4.69, 9.17) is 5.11 Å². The zero-order valence-electron chi connectivity index (χ0n) is 13.7. The molecule has 2 amide bonds.